The molecule has 1 atom stereocenters. The van der Waals surface area contributed by atoms with Crippen molar-refractivity contribution < 1.29 is 22.7 Å². The quantitative estimate of drug-likeness (QED) is 0.646. The molecule has 2 amide bonds. The Labute approximate surface area is 106 Å². The largest absolute Gasteiger partial charge is 0.465 e. The molecule has 1 heterocycles. The fraction of sp³-hybridized carbons (Fsp3) is 0.800. The van der Waals surface area contributed by atoms with Gasteiger partial charge in [-0.25, -0.2) is 13.2 Å². The smallest absolute Gasteiger partial charge is 0.325 e. The highest BCUT2D eigenvalue weighted by atomic mass is 32.2. The van der Waals surface area contributed by atoms with Crippen LogP contribution in [-0.2, 0) is 19.4 Å². The van der Waals surface area contributed by atoms with E-state index in [1.807, 2.05) is 0 Å². The number of sulfone groups is 1. The Kier molecular flexibility index (Phi) is 5.39. The topological polar surface area (TPSA) is 102 Å². The van der Waals surface area contributed by atoms with E-state index in [9.17, 15) is 18.0 Å². The molecule has 18 heavy (non-hydrogen) atoms. The predicted octanol–water partition coefficient (Wildman–Crippen LogP) is -0.717. The summed E-state index contributed by atoms with van der Waals surface area (Å²) in [6.45, 7) is 2.05. The summed E-state index contributed by atoms with van der Waals surface area (Å²) < 4.78 is 27.0. The molecular weight excluding hydrogens is 260 g/mol. The van der Waals surface area contributed by atoms with Crippen LogP contribution in [0, 0.1) is 5.92 Å². The van der Waals surface area contributed by atoms with Crippen molar-refractivity contribution in [1.82, 2.24) is 10.6 Å². The SMILES string of the molecule is CCOC(=O)CNC(=O)NCC1CCS(=O)(=O)C1. The summed E-state index contributed by atoms with van der Waals surface area (Å²) >= 11 is 0. The van der Waals surface area contributed by atoms with Gasteiger partial charge in [-0.2, -0.15) is 0 Å². The maximum Gasteiger partial charge on any atom is 0.325 e. The molecule has 2 N–H and O–H groups in total. The molecule has 0 aliphatic carbocycles. The van der Waals surface area contributed by atoms with Gasteiger partial charge in [0.05, 0.1) is 18.1 Å². The molecular formula is C10H18N2O5S. The number of ether oxygens (including phenoxy) is 1. The van der Waals surface area contributed by atoms with Crippen LogP contribution in [0.15, 0.2) is 0 Å². The first-order valence-electron chi connectivity index (χ1n) is 5.80. The van der Waals surface area contributed by atoms with Gasteiger partial charge in [-0.05, 0) is 19.3 Å². The molecule has 1 aliphatic heterocycles. The molecule has 1 unspecified atom stereocenters. The minimum atomic E-state index is -2.92. The number of esters is 1. The lowest BCUT2D eigenvalue weighted by molar-refractivity contribution is -0.141. The zero-order chi connectivity index (χ0) is 13.6. The lowest BCUT2D eigenvalue weighted by Gasteiger charge is -2.10. The molecule has 0 aromatic rings. The van der Waals surface area contributed by atoms with Crippen molar-refractivity contribution in [3.05, 3.63) is 0 Å². The van der Waals surface area contributed by atoms with Gasteiger partial charge < -0.3 is 15.4 Å². The van der Waals surface area contributed by atoms with Crippen molar-refractivity contribution >= 4 is 21.8 Å². The van der Waals surface area contributed by atoms with E-state index in [0.29, 0.717) is 13.0 Å². The third-order valence-corrected chi connectivity index (χ3v) is 4.41. The van der Waals surface area contributed by atoms with E-state index in [0.717, 1.165) is 0 Å². The van der Waals surface area contributed by atoms with Gasteiger partial charge in [-0.15, -0.1) is 0 Å². The molecule has 0 spiro atoms. The van der Waals surface area contributed by atoms with Crippen LogP contribution < -0.4 is 10.6 Å². The van der Waals surface area contributed by atoms with E-state index < -0.39 is 21.8 Å². The molecule has 0 aromatic carbocycles. The maximum absolute atomic E-state index is 11.3. The monoisotopic (exact) mass is 278 g/mol. The van der Waals surface area contributed by atoms with E-state index in [1.165, 1.54) is 0 Å². The summed E-state index contributed by atoms with van der Waals surface area (Å²) in [7, 11) is -2.92. The molecule has 1 rings (SSSR count). The van der Waals surface area contributed by atoms with E-state index in [1.54, 1.807) is 6.92 Å². The van der Waals surface area contributed by atoms with Gasteiger partial charge in [-0.3, -0.25) is 4.79 Å². The lowest BCUT2D eigenvalue weighted by Crippen LogP contribution is -2.41. The number of carbonyl (C=O) groups is 2. The fourth-order valence-electron chi connectivity index (χ4n) is 1.70. The van der Waals surface area contributed by atoms with Crippen molar-refractivity contribution in [3.63, 3.8) is 0 Å². The van der Waals surface area contributed by atoms with Crippen molar-refractivity contribution in [2.45, 2.75) is 13.3 Å². The molecule has 0 aromatic heterocycles. The molecule has 0 saturated carbocycles. The fourth-order valence-corrected chi connectivity index (χ4v) is 3.56. The summed E-state index contributed by atoms with van der Waals surface area (Å²) in [5, 5.41) is 4.88. The van der Waals surface area contributed by atoms with Gasteiger partial charge in [-0.1, -0.05) is 0 Å². The Morgan fingerprint density at radius 1 is 1.33 bits per heavy atom. The second-order valence-electron chi connectivity index (χ2n) is 4.14. The average Bonchev–Trinajstić information content (AvgIpc) is 2.64. The Bertz CT molecular complexity index is 406. The third kappa shape index (κ3) is 5.35. The Morgan fingerprint density at radius 2 is 2.06 bits per heavy atom. The first-order chi connectivity index (χ1) is 8.43. The summed E-state index contributed by atoms with van der Waals surface area (Å²) in [5.74, 6) is -0.242. The van der Waals surface area contributed by atoms with Gasteiger partial charge in [0.2, 0.25) is 0 Å². The zero-order valence-electron chi connectivity index (χ0n) is 10.3. The van der Waals surface area contributed by atoms with Crippen LogP contribution in [0.25, 0.3) is 0 Å². The van der Waals surface area contributed by atoms with Crippen molar-refractivity contribution in [2.24, 2.45) is 5.92 Å². The van der Waals surface area contributed by atoms with E-state index in [2.05, 4.69) is 15.4 Å². The van der Waals surface area contributed by atoms with Gasteiger partial charge in [0, 0.05) is 6.54 Å². The van der Waals surface area contributed by atoms with Crippen molar-refractivity contribution in [1.29, 1.82) is 0 Å². The van der Waals surface area contributed by atoms with Gasteiger partial charge in [0.15, 0.2) is 9.84 Å². The van der Waals surface area contributed by atoms with Crippen LogP contribution in [-0.4, -0.2) is 51.6 Å². The highest BCUT2D eigenvalue weighted by molar-refractivity contribution is 7.91. The summed E-state index contributed by atoms with van der Waals surface area (Å²) in [4.78, 5) is 22.2. The Hall–Kier alpha value is -1.31. The average molecular weight is 278 g/mol. The normalized spacial score (nSPS) is 21.3. The molecule has 104 valence electrons. The van der Waals surface area contributed by atoms with Gasteiger partial charge >= 0.3 is 12.0 Å². The number of amides is 2. The number of nitrogens with one attached hydrogen (secondary N) is 2. The van der Waals surface area contributed by atoms with Gasteiger partial charge in [0.1, 0.15) is 6.54 Å². The summed E-state index contributed by atoms with van der Waals surface area (Å²) in [5.41, 5.74) is 0. The van der Waals surface area contributed by atoms with E-state index in [-0.39, 0.29) is 30.6 Å². The molecule has 1 saturated heterocycles. The van der Waals surface area contributed by atoms with Crippen LogP contribution in [0.1, 0.15) is 13.3 Å². The second kappa shape index (κ2) is 6.58. The maximum atomic E-state index is 11.3. The van der Waals surface area contributed by atoms with E-state index in [4.69, 9.17) is 0 Å². The van der Waals surface area contributed by atoms with Crippen molar-refractivity contribution in [3.8, 4) is 0 Å². The van der Waals surface area contributed by atoms with Gasteiger partial charge in [0.25, 0.3) is 0 Å². The molecule has 1 fully saturated rings. The zero-order valence-corrected chi connectivity index (χ0v) is 11.1. The molecule has 8 heteroatoms. The number of rotatable bonds is 5. The summed E-state index contributed by atoms with van der Waals surface area (Å²) in [6, 6.07) is -0.493. The van der Waals surface area contributed by atoms with Crippen LogP contribution in [0.4, 0.5) is 4.79 Å². The van der Waals surface area contributed by atoms with Crippen molar-refractivity contribution in [2.75, 3.05) is 31.2 Å². The standard InChI is InChI=1S/C10H18N2O5S/c1-2-17-9(13)6-12-10(14)11-5-8-3-4-18(15,16)7-8/h8H,2-7H2,1H3,(H2,11,12,14). The van der Waals surface area contributed by atoms with Crippen LogP contribution in [0.2, 0.25) is 0 Å². The Balaban J connectivity index is 2.16. The van der Waals surface area contributed by atoms with Crippen LogP contribution in [0.3, 0.4) is 0 Å². The number of carbonyl (C=O) groups excluding carboxylic acids is 2. The van der Waals surface area contributed by atoms with E-state index >= 15 is 0 Å². The molecule has 0 bridgehead atoms. The first kappa shape index (κ1) is 14.7. The predicted molar refractivity (Wildman–Crippen MR) is 64.8 cm³/mol. The highest BCUT2D eigenvalue weighted by Crippen LogP contribution is 2.17. The van der Waals surface area contributed by atoms with Crippen LogP contribution >= 0.6 is 0 Å². The first-order valence-corrected chi connectivity index (χ1v) is 7.63. The third-order valence-electron chi connectivity index (χ3n) is 2.58. The molecule has 7 nitrogen and oxygen atoms in total. The lowest BCUT2D eigenvalue weighted by atomic mass is 10.1. The molecule has 1 aliphatic rings. The second-order valence-corrected chi connectivity index (χ2v) is 6.37. The molecule has 0 radical (unpaired) electrons. The number of hydrogen-bond acceptors (Lipinski definition) is 5. The van der Waals surface area contributed by atoms with Crippen LogP contribution in [0.5, 0.6) is 0 Å². The Morgan fingerprint density at radius 3 is 2.61 bits per heavy atom. The number of urea groups is 1. The minimum Gasteiger partial charge on any atom is -0.465 e. The highest BCUT2D eigenvalue weighted by Gasteiger charge is 2.27. The number of hydrogen-bond donors (Lipinski definition) is 2. The minimum absolute atomic E-state index is 0.0386. The summed E-state index contributed by atoms with van der Waals surface area (Å²) in [6.07, 6.45) is 0.570.